The SMILES string of the molecule is COC(=O)C/C(C(=O)OC)=[N+](/[O-])C(c1ccccc1)C(C)C. The van der Waals surface area contributed by atoms with E-state index in [0.29, 0.717) is 4.74 Å². The highest BCUT2D eigenvalue weighted by Gasteiger charge is 2.32. The van der Waals surface area contributed by atoms with Gasteiger partial charge in [-0.3, -0.25) is 4.79 Å². The Morgan fingerprint density at radius 2 is 1.73 bits per heavy atom. The first kappa shape index (κ1) is 17.7. The second-order valence-corrected chi connectivity index (χ2v) is 5.12. The Hall–Kier alpha value is -2.37. The van der Waals surface area contributed by atoms with Gasteiger partial charge in [0.05, 0.1) is 14.2 Å². The average Bonchev–Trinajstić information content (AvgIpc) is 2.52. The Labute approximate surface area is 129 Å². The van der Waals surface area contributed by atoms with Crippen LogP contribution in [0.5, 0.6) is 0 Å². The van der Waals surface area contributed by atoms with Crippen molar-refractivity contribution in [3.8, 4) is 0 Å². The van der Waals surface area contributed by atoms with E-state index in [0.717, 1.165) is 5.56 Å². The molecule has 1 atom stereocenters. The molecule has 0 aliphatic carbocycles. The summed E-state index contributed by atoms with van der Waals surface area (Å²) in [6, 6.07) is 8.49. The third kappa shape index (κ3) is 4.31. The first-order chi connectivity index (χ1) is 10.4. The molecule has 0 aliphatic rings. The van der Waals surface area contributed by atoms with Crippen LogP contribution < -0.4 is 0 Å². The van der Waals surface area contributed by atoms with Gasteiger partial charge in [-0.25, -0.2) is 4.79 Å². The molecule has 1 aromatic carbocycles. The van der Waals surface area contributed by atoms with E-state index in [4.69, 9.17) is 0 Å². The summed E-state index contributed by atoms with van der Waals surface area (Å²) in [4.78, 5) is 23.3. The first-order valence-electron chi connectivity index (χ1n) is 6.94. The van der Waals surface area contributed by atoms with E-state index in [1.54, 1.807) is 0 Å². The molecule has 1 rings (SSSR count). The van der Waals surface area contributed by atoms with E-state index in [1.165, 1.54) is 14.2 Å². The molecule has 0 spiro atoms. The smallest absolute Gasteiger partial charge is 0.400 e. The van der Waals surface area contributed by atoms with Crippen molar-refractivity contribution >= 4 is 17.7 Å². The second-order valence-electron chi connectivity index (χ2n) is 5.12. The van der Waals surface area contributed by atoms with E-state index in [2.05, 4.69) is 9.47 Å². The van der Waals surface area contributed by atoms with Crippen molar-refractivity contribution in [1.29, 1.82) is 0 Å². The summed E-state index contributed by atoms with van der Waals surface area (Å²) in [6.07, 6.45) is -0.428. The van der Waals surface area contributed by atoms with Crippen LogP contribution in [0.4, 0.5) is 0 Å². The van der Waals surface area contributed by atoms with E-state index < -0.39 is 24.4 Å². The summed E-state index contributed by atoms with van der Waals surface area (Å²) in [6.45, 7) is 3.74. The molecule has 22 heavy (non-hydrogen) atoms. The first-order valence-corrected chi connectivity index (χ1v) is 6.94. The lowest BCUT2D eigenvalue weighted by Crippen LogP contribution is -2.33. The van der Waals surface area contributed by atoms with Crippen molar-refractivity contribution in [2.75, 3.05) is 14.2 Å². The number of benzene rings is 1. The standard InChI is InChI=1S/C16H21NO5/c1-11(2)15(12-8-6-5-7-9-12)17(20)13(16(19)22-4)10-14(18)21-3/h5-9,11,15H,10H2,1-4H3/b17-13-. The van der Waals surface area contributed by atoms with Gasteiger partial charge in [0.2, 0.25) is 0 Å². The molecule has 0 fully saturated rings. The zero-order chi connectivity index (χ0) is 16.7. The maximum atomic E-state index is 12.7. The third-order valence-electron chi connectivity index (χ3n) is 3.25. The minimum atomic E-state index is -0.831. The van der Waals surface area contributed by atoms with Gasteiger partial charge < -0.3 is 14.7 Å². The van der Waals surface area contributed by atoms with Crippen molar-refractivity contribution in [2.45, 2.75) is 26.3 Å². The van der Waals surface area contributed by atoms with Crippen molar-refractivity contribution in [3.63, 3.8) is 0 Å². The largest absolute Gasteiger partial charge is 0.623 e. The van der Waals surface area contributed by atoms with Crippen LogP contribution in [0.15, 0.2) is 30.3 Å². The van der Waals surface area contributed by atoms with Crippen LogP contribution in [0.25, 0.3) is 0 Å². The number of hydroxylamine groups is 1. The van der Waals surface area contributed by atoms with Crippen LogP contribution in [-0.2, 0) is 19.1 Å². The number of carbonyl (C=O) groups is 2. The van der Waals surface area contributed by atoms with Gasteiger partial charge in [0.25, 0.3) is 5.71 Å². The van der Waals surface area contributed by atoms with Crippen LogP contribution in [0.1, 0.15) is 31.9 Å². The third-order valence-corrected chi connectivity index (χ3v) is 3.25. The number of hydrogen-bond acceptors (Lipinski definition) is 5. The summed E-state index contributed by atoms with van der Waals surface area (Å²) in [5.74, 6) is -1.57. The van der Waals surface area contributed by atoms with Crippen molar-refractivity contribution in [3.05, 3.63) is 41.1 Å². The van der Waals surface area contributed by atoms with Crippen LogP contribution in [-0.4, -0.2) is 36.6 Å². The predicted molar refractivity (Wildman–Crippen MR) is 81.3 cm³/mol. The zero-order valence-electron chi connectivity index (χ0n) is 13.2. The van der Waals surface area contributed by atoms with E-state index in [9.17, 15) is 14.8 Å². The van der Waals surface area contributed by atoms with Gasteiger partial charge in [-0.15, -0.1) is 0 Å². The number of ether oxygens (including phenoxy) is 2. The van der Waals surface area contributed by atoms with Crippen LogP contribution in [0.3, 0.4) is 0 Å². The van der Waals surface area contributed by atoms with E-state index >= 15 is 0 Å². The Balaban J connectivity index is 3.33. The van der Waals surface area contributed by atoms with Gasteiger partial charge in [-0.2, -0.15) is 4.74 Å². The number of hydrogen-bond donors (Lipinski definition) is 0. The summed E-state index contributed by atoms with van der Waals surface area (Å²) in [5, 5.41) is 12.7. The quantitative estimate of drug-likeness (QED) is 0.264. The molecule has 1 aromatic rings. The topological polar surface area (TPSA) is 78.7 Å². The van der Waals surface area contributed by atoms with Crippen molar-refractivity contribution in [2.24, 2.45) is 5.92 Å². The molecule has 0 aromatic heterocycles. The molecule has 0 amide bonds. The molecule has 6 heteroatoms. The molecule has 0 saturated carbocycles. The van der Waals surface area contributed by atoms with Gasteiger partial charge in [0, 0.05) is 11.5 Å². The van der Waals surface area contributed by atoms with Gasteiger partial charge in [-0.05, 0) is 0 Å². The molecule has 0 heterocycles. The van der Waals surface area contributed by atoms with Gasteiger partial charge in [-0.1, -0.05) is 44.2 Å². The highest BCUT2D eigenvalue weighted by Crippen LogP contribution is 2.25. The van der Waals surface area contributed by atoms with E-state index in [1.807, 2.05) is 44.2 Å². The number of nitrogens with zero attached hydrogens (tertiary/aromatic N) is 1. The predicted octanol–water partition coefficient (Wildman–Crippen LogP) is 2.07. The van der Waals surface area contributed by atoms with Gasteiger partial charge in [0.15, 0.2) is 6.04 Å². The molecule has 0 N–H and O–H groups in total. The lowest BCUT2D eigenvalue weighted by molar-refractivity contribution is -0.517. The molecular weight excluding hydrogens is 286 g/mol. The summed E-state index contributed by atoms with van der Waals surface area (Å²) >= 11 is 0. The minimum absolute atomic E-state index is 0.0720. The molecule has 6 nitrogen and oxygen atoms in total. The number of methoxy groups -OCH3 is 2. The highest BCUT2D eigenvalue weighted by atomic mass is 16.5. The maximum Gasteiger partial charge on any atom is 0.400 e. The van der Waals surface area contributed by atoms with Crippen molar-refractivity contribution < 1.29 is 23.8 Å². The van der Waals surface area contributed by atoms with Crippen LogP contribution >= 0.6 is 0 Å². The van der Waals surface area contributed by atoms with Crippen molar-refractivity contribution in [1.82, 2.24) is 0 Å². The molecule has 1 unspecified atom stereocenters. The van der Waals surface area contributed by atoms with Crippen LogP contribution in [0, 0.1) is 11.1 Å². The summed E-state index contributed by atoms with van der Waals surface area (Å²) < 4.78 is 9.72. The fraction of sp³-hybridized carbons (Fsp3) is 0.438. The number of carbonyl (C=O) groups excluding carboxylic acids is 2. The highest BCUT2D eigenvalue weighted by molar-refractivity contribution is 6.37. The van der Waals surface area contributed by atoms with Gasteiger partial charge in [0.1, 0.15) is 6.42 Å². The fourth-order valence-corrected chi connectivity index (χ4v) is 2.18. The fourth-order valence-electron chi connectivity index (χ4n) is 2.18. The summed E-state index contributed by atoms with van der Waals surface area (Å²) in [7, 11) is 2.36. The molecule has 120 valence electrons. The Morgan fingerprint density at radius 1 is 1.14 bits per heavy atom. The molecule has 0 aliphatic heterocycles. The average molecular weight is 307 g/mol. The van der Waals surface area contributed by atoms with E-state index in [-0.39, 0.29) is 11.6 Å². The Kier molecular flexibility index (Phi) is 6.56. The van der Waals surface area contributed by atoms with Gasteiger partial charge >= 0.3 is 11.9 Å². The zero-order valence-corrected chi connectivity index (χ0v) is 13.2. The molecule has 0 saturated heterocycles. The maximum absolute atomic E-state index is 12.7. The second kappa shape index (κ2) is 8.17. The molecule has 0 radical (unpaired) electrons. The molecular formula is C16H21NO5. The molecule has 0 bridgehead atoms. The minimum Gasteiger partial charge on any atom is -0.623 e. The number of rotatable bonds is 6. The lowest BCUT2D eigenvalue weighted by Gasteiger charge is -2.22. The Bertz CT molecular complexity index is 551. The monoisotopic (exact) mass is 307 g/mol. The number of esters is 2. The summed E-state index contributed by atoms with van der Waals surface area (Å²) in [5.41, 5.74) is 0.496. The van der Waals surface area contributed by atoms with Crippen LogP contribution in [0.2, 0.25) is 0 Å². The lowest BCUT2D eigenvalue weighted by atomic mass is 9.96. The normalized spacial score (nSPS) is 13.3. The Morgan fingerprint density at radius 3 is 2.18 bits per heavy atom.